The lowest BCUT2D eigenvalue weighted by Gasteiger charge is -2.31. The van der Waals surface area contributed by atoms with Crippen LogP contribution < -0.4 is 0 Å². The SMILES string of the molecule is CC1SC(CN2CCC(C(=O)O)CC2)CC1=O. The van der Waals surface area contributed by atoms with Gasteiger partial charge in [-0.2, -0.15) is 0 Å². The first-order valence-electron chi connectivity index (χ1n) is 6.19. The van der Waals surface area contributed by atoms with Crippen molar-refractivity contribution in [1.82, 2.24) is 4.90 Å². The molecule has 0 aromatic carbocycles. The highest BCUT2D eigenvalue weighted by Gasteiger charge is 2.32. The van der Waals surface area contributed by atoms with E-state index in [-0.39, 0.29) is 11.2 Å². The zero-order valence-corrected chi connectivity index (χ0v) is 10.9. The highest BCUT2D eigenvalue weighted by atomic mass is 32.2. The van der Waals surface area contributed by atoms with Gasteiger partial charge in [-0.3, -0.25) is 9.59 Å². The predicted octanol–water partition coefficient (Wildman–Crippen LogP) is 1.25. The predicted molar refractivity (Wildman–Crippen MR) is 67.3 cm³/mol. The summed E-state index contributed by atoms with van der Waals surface area (Å²) >= 11 is 1.77. The van der Waals surface area contributed by atoms with Crippen molar-refractivity contribution in [2.75, 3.05) is 19.6 Å². The Bertz CT molecular complexity index is 313. The molecule has 0 amide bonds. The average Bonchev–Trinajstić information content (AvgIpc) is 2.58. The molecule has 2 saturated heterocycles. The number of hydrogen-bond acceptors (Lipinski definition) is 4. The molecule has 0 saturated carbocycles. The van der Waals surface area contributed by atoms with E-state index in [1.807, 2.05) is 6.92 Å². The molecule has 96 valence electrons. The summed E-state index contributed by atoms with van der Waals surface area (Å²) in [5.74, 6) is -0.466. The van der Waals surface area contributed by atoms with E-state index in [9.17, 15) is 9.59 Å². The van der Waals surface area contributed by atoms with E-state index >= 15 is 0 Å². The second-order valence-electron chi connectivity index (χ2n) is 4.98. The number of nitrogens with zero attached hydrogens (tertiary/aromatic N) is 1. The van der Waals surface area contributed by atoms with Crippen molar-refractivity contribution in [3.8, 4) is 0 Å². The van der Waals surface area contributed by atoms with Gasteiger partial charge < -0.3 is 10.0 Å². The summed E-state index contributed by atoms with van der Waals surface area (Å²) in [7, 11) is 0. The van der Waals surface area contributed by atoms with Crippen LogP contribution in [0, 0.1) is 5.92 Å². The Morgan fingerprint density at radius 3 is 2.59 bits per heavy atom. The van der Waals surface area contributed by atoms with Crippen LogP contribution in [0.15, 0.2) is 0 Å². The van der Waals surface area contributed by atoms with Crippen molar-refractivity contribution in [3.63, 3.8) is 0 Å². The van der Waals surface area contributed by atoms with Crippen molar-refractivity contribution in [2.24, 2.45) is 5.92 Å². The molecule has 17 heavy (non-hydrogen) atoms. The summed E-state index contributed by atoms with van der Waals surface area (Å²) in [5, 5.41) is 9.48. The fraction of sp³-hybridized carbons (Fsp3) is 0.833. The molecule has 2 rings (SSSR count). The number of thioether (sulfide) groups is 1. The van der Waals surface area contributed by atoms with Crippen LogP contribution >= 0.6 is 11.8 Å². The normalized spacial score (nSPS) is 31.9. The number of carboxylic acids is 1. The average molecular weight is 257 g/mol. The highest BCUT2D eigenvalue weighted by Crippen LogP contribution is 2.31. The summed E-state index contributed by atoms with van der Waals surface area (Å²) in [6, 6.07) is 0. The van der Waals surface area contributed by atoms with Gasteiger partial charge in [-0.05, 0) is 32.9 Å². The van der Waals surface area contributed by atoms with E-state index in [4.69, 9.17) is 5.11 Å². The summed E-state index contributed by atoms with van der Waals surface area (Å²) in [4.78, 5) is 24.6. The smallest absolute Gasteiger partial charge is 0.306 e. The molecule has 0 spiro atoms. The maximum Gasteiger partial charge on any atom is 0.306 e. The van der Waals surface area contributed by atoms with Crippen molar-refractivity contribution in [2.45, 2.75) is 36.7 Å². The molecule has 2 unspecified atom stereocenters. The van der Waals surface area contributed by atoms with E-state index in [0.29, 0.717) is 17.5 Å². The molecule has 0 radical (unpaired) electrons. The van der Waals surface area contributed by atoms with Crippen LogP contribution in [0.2, 0.25) is 0 Å². The Hall–Kier alpha value is -0.550. The second kappa shape index (κ2) is 5.40. The zero-order valence-electron chi connectivity index (χ0n) is 10.1. The molecule has 2 heterocycles. The van der Waals surface area contributed by atoms with Crippen molar-refractivity contribution >= 4 is 23.5 Å². The number of likely N-dealkylation sites (tertiary alicyclic amines) is 1. The molecule has 0 aromatic rings. The topological polar surface area (TPSA) is 57.6 Å². The number of ketones is 1. The third kappa shape index (κ3) is 3.22. The molecule has 1 N–H and O–H groups in total. The number of carbonyl (C=O) groups excluding carboxylic acids is 1. The monoisotopic (exact) mass is 257 g/mol. The van der Waals surface area contributed by atoms with Crippen LogP contribution in [0.3, 0.4) is 0 Å². The Labute approximate surface area is 106 Å². The molecular formula is C12H19NO3S. The van der Waals surface area contributed by atoms with Gasteiger partial charge in [0.1, 0.15) is 5.78 Å². The number of carbonyl (C=O) groups is 2. The van der Waals surface area contributed by atoms with E-state index < -0.39 is 5.97 Å². The van der Waals surface area contributed by atoms with Crippen molar-refractivity contribution < 1.29 is 14.7 Å². The van der Waals surface area contributed by atoms with Crippen molar-refractivity contribution in [1.29, 1.82) is 0 Å². The number of hydrogen-bond donors (Lipinski definition) is 1. The third-order valence-corrected chi connectivity index (χ3v) is 5.05. The third-order valence-electron chi connectivity index (χ3n) is 3.68. The van der Waals surface area contributed by atoms with E-state index in [1.165, 1.54) is 0 Å². The maximum atomic E-state index is 11.5. The van der Waals surface area contributed by atoms with E-state index in [0.717, 1.165) is 32.5 Å². The highest BCUT2D eigenvalue weighted by molar-refractivity contribution is 8.01. The number of Topliss-reactive ketones (excluding diaryl/α,β-unsaturated/α-hetero) is 1. The van der Waals surface area contributed by atoms with Crippen LogP contribution in [0.5, 0.6) is 0 Å². The lowest BCUT2D eigenvalue weighted by molar-refractivity contribution is -0.143. The molecule has 2 aliphatic rings. The van der Waals surface area contributed by atoms with Crippen LogP contribution in [0.1, 0.15) is 26.2 Å². The molecule has 0 bridgehead atoms. The molecule has 4 nitrogen and oxygen atoms in total. The van der Waals surface area contributed by atoms with Crippen LogP contribution in [-0.4, -0.2) is 51.9 Å². The zero-order chi connectivity index (χ0) is 12.4. The summed E-state index contributed by atoms with van der Waals surface area (Å²) in [5.41, 5.74) is 0. The summed E-state index contributed by atoms with van der Waals surface area (Å²) in [6.07, 6.45) is 2.18. The molecular weight excluding hydrogens is 238 g/mol. The molecule has 5 heteroatoms. The van der Waals surface area contributed by atoms with Gasteiger partial charge in [-0.25, -0.2) is 0 Å². The first-order chi connectivity index (χ1) is 8.06. The van der Waals surface area contributed by atoms with Crippen LogP contribution in [0.4, 0.5) is 0 Å². The Balaban J connectivity index is 1.75. The first kappa shape index (κ1) is 12.9. The number of piperidine rings is 1. The van der Waals surface area contributed by atoms with Crippen LogP contribution in [-0.2, 0) is 9.59 Å². The minimum atomic E-state index is -0.663. The fourth-order valence-corrected chi connectivity index (χ4v) is 3.94. The largest absolute Gasteiger partial charge is 0.481 e. The molecule has 0 aromatic heterocycles. The number of aliphatic carboxylic acids is 1. The van der Waals surface area contributed by atoms with Gasteiger partial charge in [0, 0.05) is 18.2 Å². The molecule has 0 aliphatic carbocycles. The Kier molecular flexibility index (Phi) is 4.09. The van der Waals surface area contributed by atoms with Gasteiger partial charge in [0.15, 0.2) is 0 Å². The minimum absolute atomic E-state index is 0.150. The molecule has 2 aliphatic heterocycles. The second-order valence-corrected chi connectivity index (χ2v) is 6.63. The van der Waals surface area contributed by atoms with Gasteiger partial charge in [-0.1, -0.05) is 0 Å². The molecule has 2 atom stereocenters. The maximum absolute atomic E-state index is 11.5. The lowest BCUT2D eigenvalue weighted by Crippen LogP contribution is -2.39. The van der Waals surface area contributed by atoms with Gasteiger partial charge in [-0.15, -0.1) is 11.8 Å². The minimum Gasteiger partial charge on any atom is -0.481 e. The van der Waals surface area contributed by atoms with Crippen LogP contribution in [0.25, 0.3) is 0 Å². The van der Waals surface area contributed by atoms with Crippen molar-refractivity contribution in [3.05, 3.63) is 0 Å². The van der Waals surface area contributed by atoms with E-state index in [2.05, 4.69) is 4.90 Å². The molecule has 2 fully saturated rings. The summed E-state index contributed by atoms with van der Waals surface area (Å²) < 4.78 is 0. The van der Waals surface area contributed by atoms with Gasteiger partial charge in [0.05, 0.1) is 11.2 Å². The summed E-state index contributed by atoms with van der Waals surface area (Å²) in [6.45, 7) is 4.63. The number of carboxylic acid groups (broad SMARTS) is 1. The standard InChI is InChI=1S/C12H19NO3S/c1-8-11(14)6-10(17-8)7-13-4-2-9(3-5-13)12(15)16/h8-10H,2-7H2,1H3,(H,15,16). The van der Waals surface area contributed by atoms with Gasteiger partial charge >= 0.3 is 5.97 Å². The van der Waals surface area contributed by atoms with Gasteiger partial charge in [0.2, 0.25) is 0 Å². The number of rotatable bonds is 3. The van der Waals surface area contributed by atoms with E-state index in [1.54, 1.807) is 11.8 Å². The van der Waals surface area contributed by atoms with Gasteiger partial charge in [0.25, 0.3) is 0 Å². The Morgan fingerprint density at radius 2 is 2.12 bits per heavy atom. The first-order valence-corrected chi connectivity index (χ1v) is 7.14. The quantitative estimate of drug-likeness (QED) is 0.824. The fourth-order valence-electron chi connectivity index (χ4n) is 2.56. The lowest BCUT2D eigenvalue weighted by atomic mass is 9.97. The Morgan fingerprint density at radius 1 is 1.47 bits per heavy atom.